The highest BCUT2D eigenvalue weighted by atomic mass is 15.0. The second-order valence-electron chi connectivity index (χ2n) is 11.8. The lowest BCUT2D eigenvalue weighted by molar-refractivity contribution is 0.874. The molecule has 6 bridgehead atoms. The largest absolute Gasteiger partial charge is 0.405 e. The van der Waals surface area contributed by atoms with Crippen molar-refractivity contribution in [3.05, 3.63) is 190 Å². The van der Waals surface area contributed by atoms with Crippen LogP contribution in [0.15, 0.2) is 200 Å². The van der Waals surface area contributed by atoms with Gasteiger partial charge in [0.05, 0.1) is 22.8 Å². The lowest BCUT2D eigenvalue weighted by Gasteiger charge is -2.21. The Balaban J connectivity index is 0.00000248. The van der Waals surface area contributed by atoms with E-state index in [1.54, 1.807) is 12.3 Å². The molecule has 1 saturated heterocycles. The Morgan fingerprint density at radius 2 is 1.51 bits per heavy atom. The number of nitrogens with zero attached hydrogens (tertiary/aromatic N) is 2. The summed E-state index contributed by atoms with van der Waals surface area (Å²) in [7, 11) is 0. The normalized spacial score (nSPS) is 26.8. The highest BCUT2D eigenvalue weighted by Crippen LogP contribution is 2.37. The second-order valence-corrected chi connectivity index (χ2v) is 11.8. The molecule has 51 heavy (non-hydrogen) atoms. The maximum absolute atomic E-state index is 6.05. The Kier molecular flexibility index (Phi) is 12.6. The average Bonchev–Trinajstić information content (AvgIpc) is 3.96. The molecule has 0 atom stereocenters. The molecule has 0 radical (unpaired) electrons. The Hall–Kier alpha value is -5.86. The fraction of sp³-hybridized carbons (Fsp3) is 0.209. The van der Waals surface area contributed by atoms with Crippen molar-refractivity contribution in [1.82, 2.24) is 21.3 Å². The zero-order chi connectivity index (χ0) is 36.2. The highest BCUT2D eigenvalue weighted by molar-refractivity contribution is 6.16. The van der Waals surface area contributed by atoms with Crippen LogP contribution in [-0.4, -0.2) is 37.6 Å². The third-order valence-electron chi connectivity index (χ3n) is 8.90. The van der Waals surface area contributed by atoms with Gasteiger partial charge < -0.3 is 32.7 Å². The van der Waals surface area contributed by atoms with E-state index in [0.29, 0.717) is 13.1 Å². The van der Waals surface area contributed by atoms with Crippen molar-refractivity contribution in [1.29, 1.82) is 0 Å². The molecule has 0 saturated carbocycles. The number of fused-ring (bicyclic) bond motifs is 4. The fourth-order valence-corrected chi connectivity index (χ4v) is 6.67. The third-order valence-corrected chi connectivity index (χ3v) is 8.90. The quantitative estimate of drug-likeness (QED) is 0.159. The maximum atomic E-state index is 6.05. The van der Waals surface area contributed by atoms with E-state index in [1.807, 2.05) is 57.5 Å². The number of aliphatic imine (C=N–C) groups is 2. The molecular weight excluding hydrogens is 629 g/mol. The lowest BCUT2D eigenvalue weighted by Crippen LogP contribution is -2.22. The Morgan fingerprint density at radius 3 is 2.14 bits per heavy atom. The first kappa shape index (κ1) is 36.4. The van der Waals surface area contributed by atoms with Crippen LogP contribution in [0.4, 0.5) is 0 Å². The molecule has 0 unspecified atom stereocenters. The maximum Gasteiger partial charge on any atom is 0.0737 e. The van der Waals surface area contributed by atoms with Crippen molar-refractivity contribution < 1.29 is 0 Å². The number of nitrogens with one attached hydrogen (secondary N) is 4. The van der Waals surface area contributed by atoms with Crippen molar-refractivity contribution in [2.45, 2.75) is 33.6 Å². The Labute approximate surface area is 303 Å². The number of dihydropyridines is 2. The average molecular weight is 679 g/mol. The van der Waals surface area contributed by atoms with Crippen molar-refractivity contribution >= 4 is 11.4 Å². The van der Waals surface area contributed by atoms with E-state index in [1.165, 1.54) is 0 Å². The van der Waals surface area contributed by atoms with E-state index in [4.69, 9.17) is 21.5 Å². The van der Waals surface area contributed by atoms with Crippen LogP contribution >= 0.6 is 0 Å². The van der Waals surface area contributed by atoms with Crippen LogP contribution in [0, 0.1) is 0 Å². The summed E-state index contributed by atoms with van der Waals surface area (Å²) in [6.07, 6.45) is 35.9. The van der Waals surface area contributed by atoms with Crippen LogP contribution in [0.2, 0.25) is 0 Å². The first-order chi connectivity index (χ1) is 25.1. The van der Waals surface area contributed by atoms with Crippen molar-refractivity contribution in [2.75, 3.05) is 26.2 Å². The van der Waals surface area contributed by atoms with E-state index < -0.39 is 0 Å². The summed E-state index contributed by atoms with van der Waals surface area (Å²) in [5, 5.41) is 14.2. The zero-order valence-corrected chi connectivity index (χ0v) is 30.0. The molecule has 8 nitrogen and oxygen atoms in total. The van der Waals surface area contributed by atoms with Gasteiger partial charge >= 0.3 is 0 Å². The predicted octanol–water partition coefficient (Wildman–Crippen LogP) is 6.68. The Bertz CT molecular complexity index is 1950. The van der Waals surface area contributed by atoms with Crippen molar-refractivity contribution in [2.24, 2.45) is 21.5 Å². The van der Waals surface area contributed by atoms with Gasteiger partial charge in [-0.05, 0) is 109 Å². The van der Waals surface area contributed by atoms with Gasteiger partial charge in [0.1, 0.15) is 0 Å². The Morgan fingerprint density at radius 1 is 0.843 bits per heavy atom. The minimum Gasteiger partial charge on any atom is -0.405 e. The number of hydrogen-bond donors (Lipinski definition) is 6. The van der Waals surface area contributed by atoms with E-state index in [-0.39, 0.29) is 0 Å². The monoisotopic (exact) mass is 678 g/mol. The van der Waals surface area contributed by atoms with Crippen molar-refractivity contribution in [3.8, 4) is 0 Å². The molecule has 1 fully saturated rings. The van der Waals surface area contributed by atoms with Gasteiger partial charge in [0.25, 0.3) is 0 Å². The molecule has 6 aliphatic rings. The first-order valence-electron chi connectivity index (χ1n) is 17.7. The van der Waals surface area contributed by atoms with Crippen LogP contribution in [0.3, 0.4) is 0 Å². The molecule has 262 valence electrons. The lowest BCUT2D eigenvalue weighted by atomic mass is 9.96. The van der Waals surface area contributed by atoms with Crippen LogP contribution in [-0.2, 0) is 0 Å². The standard InChI is InChI=1S/C41H44N8.C2H6/c1-4-7-33-40(29-16-22-44-23-17-29)36-11-13-38(49-36)41(30-18-24-45-25-19-30)37-12-10-35(48-37)39(28(6-3)15-21-43)34-9-8-32(47-34)31(26-46-33)27(5-2)14-20-42;1-2/h4-9,11,13-19,21-22,24,44-46,48H,1-2,10,12,20,23,25-26,42-43H2,3H3;1-2H3/b21-15-,27-14+,28-6+,32-31+,33-7-,39-35-,40-36-,41-37-;. The summed E-state index contributed by atoms with van der Waals surface area (Å²) >= 11 is 0. The number of nitrogens with two attached hydrogens (primary N) is 2. The predicted molar refractivity (Wildman–Crippen MR) is 216 cm³/mol. The van der Waals surface area contributed by atoms with Crippen molar-refractivity contribution in [3.63, 3.8) is 0 Å². The molecular formula is C43H50N8. The summed E-state index contributed by atoms with van der Waals surface area (Å²) in [5.41, 5.74) is 26.8. The van der Waals surface area contributed by atoms with E-state index in [0.717, 1.165) is 110 Å². The highest BCUT2D eigenvalue weighted by Gasteiger charge is 2.29. The SMILES string of the molecule is C=C/C=C1NCC(/C(C=C)=C/CN)=C2/C=CC(=N2)C(/C(/C=C\N)=C/C)=C2/CC/C(=C(\C3=CCNC=C3)C3=N/C(=C\1C1=CCNC=C1)C=C3)N2.CC. The fourth-order valence-electron chi connectivity index (χ4n) is 6.67. The van der Waals surface area contributed by atoms with Gasteiger partial charge in [0, 0.05) is 65.6 Å². The molecule has 0 aromatic heterocycles. The smallest absolute Gasteiger partial charge is 0.0737 e. The van der Waals surface area contributed by atoms with Crippen LogP contribution < -0.4 is 32.7 Å². The molecule has 0 amide bonds. The molecule has 8 heteroatoms. The van der Waals surface area contributed by atoms with Gasteiger partial charge in [-0.15, -0.1) is 0 Å². The summed E-state index contributed by atoms with van der Waals surface area (Å²) in [6.45, 7) is 16.5. The van der Waals surface area contributed by atoms with Gasteiger partial charge in [0.15, 0.2) is 0 Å². The molecule has 8 N–H and O–H groups in total. The first-order valence-corrected chi connectivity index (χ1v) is 17.7. The van der Waals surface area contributed by atoms with Gasteiger partial charge in [0.2, 0.25) is 0 Å². The molecule has 6 aliphatic heterocycles. The van der Waals surface area contributed by atoms with Crippen LogP contribution in [0.1, 0.15) is 33.6 Å². The summed E-state index contributed by atoms with van der Waals surface area (Å²) in [4.78, 5) is 10.6. The molecule has 0 aromatic rings. The van der Waals surface area contributed by atoms with Gasteiger partial charge in [-0.3, -0.25) is 0 Å². The summed E-state index contributed by atoms with van der Waals surface area (Å²) < 4.78 is 0. The van der Waals surface area contributed by atoms with Gasteiger partial charge in [-0.2, -0.15) is 0 Å². The molecule has 6 heterocycles. The minimum atomic E-state index is 0.373. The number of rotatable bonds is 8. The van der Waals surface area contributed by atoms with Crippen LogP contribution in [0.5, 0.6) is 0 Å². The summed E-state index contributed by atoms with van der Waals surface area (Å²) in [5.74, 6) is 0. The second kappa shape index (κ2) is 17.7. The molecule has 0 aromatic carbocycles. The number of allylic oxidation sites excluding steroid dienone is 18. The van der Waals surface area contributed by atoms with Crippen LogP contribution in [0.25, 0.3) is 0 Å². The molecule has 0 aliphatic carbocycles. The zero-order valence-electron chi connectivity index (χ0n) is 30.0. The van der Waals surface area contributed by atoms with E-state index in [2.05, 4.69) is 89.1 Å². The van der Waals surface area contributed by atoms with E-state index >= 15 is 0 Å². The topological polar surface area (TPSA) is 125 Å². The minimum absolute atomic E-state index is 0.373. The van der Waals surface area contributed by atoms with Gasteiger partial charge in [-0.25, -0.2) is 9.98 Å². The molecule has 0 spiro atoms. The number of hydrogen-bond acceptors (Lipinski definition) is 8. The third kappa shape index (κ3) is 7.97. The molecule has 6 rings (SSSR count). The van der Waals surface area contributed by atoms with Gasteiger partial charge in [-0.1, -0.05) is 63.5 Å². The summed E-state index contributed by atoms with van der Waals surface area (Å²) in [6, 6.07) is 0. The van der Waals surface area contributed by atoms with E-state index in [9.17, 15) is 0 Å².